The van der Waals surface area contributed by atoms with Crippen molar-refractivity contribution in [2.75, 3.05) is 0 Å². The quantitative estimate of drug-likeness (QED) is 0.330. The van der Waals surface area contributed by atoms with Crippen LogP contribution in [0.1, 0.15) is 112 Å². The Morgan fingerprint density at radius 1 is 0.517 bits per heavy atom. The monoisotopic (exact) mass is 454 g/mol. The Hall–Kier alpha value is -1.01. The number of hydrogen-bond donors (Lipinski definition) is 0. The van der Waals surface area contributed by atoms with Crippen LogP contribution < -0.4 is 15.3 Å². The summed E-state index contributed by atoms with van der Waals surface area (Å²) < 4.78 is 0. The molecule has 0 aliphatic heterocycles. The van der Waals surface area contributed by atoms with E-state index in [1.165, 1.54) is 0 Å². The van der Waals surface area contributed by atoms with Crippen LogP contribution in [0.2, 0.25) is 0 Å². The number of aliphatic carboxylic acids is 3. The van der Waals surface area contributed by atoms with Crippen LogP contribution in [0.5, 0.6) is 0 Å². The molecule has 0 saturated heterocycles. The molecule has 0 fully saturated rings. The molecule has 0 amide bonds. The molecule has 0 heterocycles. The Morgan fingerprint density at radius 2 is 0.690 bits per heavy atom. The topological polar surface area (TPSA) is 120 Å². The summed E-state index contributed by atoms with van der Waals surface area (Å²) in [5.41, 5.74) is 0. The summed E-state index contributed by atoms with van der Waals surface area (Å²) in [5.74, 6) is -2.80. The normalized spacial score (nSPS) is 7.97. The second-order valence-corrected chi connectivity index (χ2v) is 5.49. The zero-order valence-electron chi connectivity index (χ0n) is 19.3. The molecule has 1 radical (unpaired) electrons. The molecule has 177 valence electrons. The van der Waals surface area contributed by atoms with Crippen LogP contribution in [0, 0.1) is 13.8 Å². The van der Waals surface area contributed by atoms with E-state index in [0.29, 0.717) is 0 Å². The minimum Gasteiger partial charge on any atom is -0.550 e. The number of rotatable bonds is 12. The number of carbonyl (C=O) groups excluding carboxylic acids is 3. The number of carboxylic acids is 3. The maximum Gasteiger partial charge on any atom is 0.0414 e. The average Bonchev–Trinajstić information content (AvgIpc) is 2.66. The zero-order valence-corrected chi connectivity index (χ0v) is 20.7. The van der Waals surface area contributed by atoms with Crippen molar-refractivity contribution in [1.29, 1.82) is 0 Å². The summed E-state index contributed by atoms with van der Waals surface area (Å²) in [4.78, 5) is 29.3. The smallest absolute Gasteiger partial charge is 0.0414 e. The SMILES string of the molecule is CCCCCC(=O)[O-].CCCCCC(=O)[O-].CCCCCC(=O)[O-].[CH2-]C.[CH2-]C.[V]. The van der Waals surface area contributed by atoms with Crippen molar-refractivity contribution in [3.8, 4) is 0 Å². The minimum atomic E-state index is -0.932. The Bertz CT molecular complexity index is 262. The summed E-state index contributed by atoms with van der Waals surface area (Å²) in [7, 11) is 0. The third kappa shape index (κ3) is 86.1. The Balaban J connectivity index is -0.0000000618. The van der Waals surface area contributed by atoms with E-state index in [0.717, 1.165) is 57.8 Å². The Labute approximate surface area is 191 Å². The predicted octanol–water partition coefficient (Wildman–Crippen LogP) is 2.63. The molecule has 0 N–H and O–H groups in total. The molecule has 0 saturated carbocycles. The van der Waals surface area contributed by atoms with Crippen molar-refractivity contribution in [3.05, 3.63) is 13.8 Å². The van der Waals surface area contributed by atoms with Gasteiger partial charge in [-0.1, -0.05) is 59.3 Å². The van der Waals surface area contributed by atoms with Crippen molar-refractivity contribution in [2.45, 2.75) is 112 Å². The predicted molar refractivity (Wildman–Crippen MR) is 110 cm³/mol. The first-order chi connectivity index (χ1) is 13.3. The van der Waals surface area contributed by atoms with Crippen LogP contribution in [-0.2, 0) is 32.9 Å². The molecule has 7 heteroatoms. The summed E-state index contributed by atoms with van der Waals surface area (Å²) >= 11 is 0. The van der Waals surface area contributed by atoms with Gasteiger partial charge in [0.25, 0.3) is 0 Å². The number of hydrogen-bond acceptors (Lipinski definition) is 6. The zero-order chi connectivity index (χ0) is 23.2. The van der Waals surface area contributed by atoms with Gasteiger partial charge in [-0.25, -0.2) is 0 Å². The van der Waals surface area contributed by atoms with E-state index in [2.05, 4.69) is 13.8 Å². The van der Waals surface area contributed by atoms with Crippen molar-refractivity contribution in [2.24, 2.45) is 0 Å². The van der Waals surface area contributed by atoms with Gasteiger partial charge in [-0.2, -0.15) is 13.8 Å². The van der Waals surface area contributed by atoms with Crippen LogP contribution in [0.3, 0.4) is 0 Å². The molecule has 0 rings (SSSR count). The van der Waals surface area contributed by atoms with Gasteiger partial charge in [-0.3, -0.25) is 0 Å². The van der Waals surface area contributed by atoms with E-state index in [4.69, 9.17) is 0 Å². The molecule has 0 unspecified atom stereocenters. The van der Waals surface area contributed by atoms with Gasteiger partial charge in [0.15, 0.2) is 0 Å². The molecule has 0 aliphatic carbocycles. The number of unbranched alkanes of at least 4 members (excludes halogenated alkanes) is 6. The molecular formula is C22H43O6V-5. The Morgan fingerprint density at radius 3 is 0.793 bits per heavy atom. The van der Waals surface area contributed by atoms with E-state index in [9.17, 15) is 29.7 Å². The fourth-order valence-electron chi connectivity index (χ4n) is 1.56. The van der Waals surface area contributed by atoms with Crippen molar-refractivity contribution in [3.63, 3.8) is 0 Å². The second-order valence-electron chi connectivity index (χ2n) is 5.49. The molecule has 0 atom stereocenters. The van der Waals surface area contributed by atoms with Gasteiger partial charge < -0.3 is 43.6 Å². The maximum atomic E-state index is 9.76. The Kier molecular flexibility index (Phi) is 66.3. The van der Waals surface area contributed by atoms with Gasteiger partial charge in [0.1, 0.15) is 0 Å². The molecule has 0 aromatic rings. The van der Waals surface area contributed by atoms with Crippen molar-refractivity contribution < 1.29 is 48.3 Å². The molecule has 0 aliphatic rings. The van der Waals surface area contributed by atoms with Crippen LogP contribution in [0.15, 0.2) is 0 Å². The fraction of sp³-hybridized carbons (Fsp3) is 0.773. The van der Waals surface area contributed by atoms with Crippen molar-refractivity contribution in [1.82, 2.24) is 0 Å². The van der Waals surface area contributed by atoms with E-state index in [1.807, 2.05) is 20.8 Å². The summed E-state index contributed by atoms with van der Waals surface area (Å²) in [6.45, 7) is 16.1. The standard InChI is InChI=1S/3C6H12O2.2C2H5.V/c3*1-2-3-4-5-6(7)8;2*1-2;/h3*2-5H2,1H3,(H,7,8);2*1H2,2H3;/q;;;2*-1;/p-3. The molecule has 0 aromatic heterocycles. The van der Waals surface area contributed by atoms with Crippen LogP contribution >= 0.6 is 0 Å². The number of carbonyl (C=O) groups is 3. The molecule has 0 aromatic carbocycles. The van der Waals surface area contributed by atoms with Crippen LogP contribution in [0.4, 0.5) is 0 Å². The van der Waals surface area contributed by atoms with E-state index >= 15 is 0 Å². The largest absolute Gasteiger partial charge is 0.550 e. The summed E-state index contributed by atoms with van der Waals surface area (Å²) in [6, 6.07) is 0. The first kappa shape index (κ1) is 42.2. The molecular weight excluding hydrogens is 411 g/mol. The van der Waals surface area contributed by atoms with Gasteiger partial charge in [0, 0.05) is 36.5 Å². The van der Waals surface area contributed by atoms with E-state index in [1.54, 1.807) is 13.8 Å². The third-order valence-corrected chi connectivity index (χ3v) is 2.95. The van der Waals surface area contributed by atoms with Crippen LogP contribution in [0.25, 0.3) is 0 Å². The molecule has 6 nitrogen and oxygen atoms in total. The van der Waals surface area contributed by atoms with Gasteiger partial charge in [0.05, 0.1) is 0 Å². The van der Waals surface area contributed by atoms with E-state index in [-0.39, 0.29) is 37.8 Å². The average molecular weight is 455 g/mol. The van der Waals surface area contributed by atoms with Crippen molar-refractivity contribution >= 4 is 17.9 Å². The first-order valence-corrected chi connectivity index (χ1v) is 10.3. The minimum absolute atomic E-state index is 0. The maximum absolute atomic E-state index is 9.76. The van der Waals surface area contributed by atoms with Crippen LogP contribution in [-0.4, -0.2) is 17.9 Å². The molecule has 29 heavy (non-hydrogen) atoms. The third-order valence-electron chi connectivity index (χ3n) is 2.95. The van der Waals surface area contributed by atoms with Gasteiger partial charge in [-0.15, -0.1) is 0 Å². The fourth-order valence-corrected chi connectivity index (χ4v) is 1.56. The second kappa shape index (κ2) is 45.6. The van der Waals surface area contributed by atoms with Gasteiger partial charge in [-0.05, 0) is 38.5 Å². The van der Waals surface area contributed by atoms with Gasteiger partial charge >= 0.3 is 0 Å². The molecule has 0 spiro atoms. The summed E-state index contributed by atoms with van der Waals surface area (Å²) in [6.07, 6.45) is 9.11. The summed E-state index contributed by atoms with van der Waals surface area (Å²) in [5, 5.41) is 29.3. The van der Waals surface area contributed by atoms with Gasteiger partial charge in [0.2, 0.25) is 0 Å². The molecule has 0 bridgehead atoms. The van der Waals surface area contributed by atoms with E-state index < -0.39 is 17.9 Å². The number of carboxylic acid groups (broad SMARTS) is 3. The first-order valence-electron chi connectivity index (χ1n) is 10.3.